The van der Waals surface area contributed by atoms with E-state index in [-0.39, 0.29) is 6.42 Å². The van der Waals surface area contributed by atoms with Gasteiger partial charge in [0.15, 0.2) is 0 Å². The van der Waals surface area contributed by atoms with Crippen molar-refractivity contribution in [3.8, 4) is 0 Å². The zero-order valence-electron chi connectivity index (χ0n) is 5.91. The zero-order valence-corrected chi connectivity index (χ0v) is 6.73. The molecule has 0 aliphatic rings. The fourth-order valence-electron chi connectivity index (χ4n) is 0.404. The molecule has 6 heteroatoms. The summed E-state index contributed by atoms with van der Waals surface area (Å²) in [7, 11) is 0. The lowest BCUT2D eigenvalue weighted by Crippen LogP contribution is -2.09. The summed E-state index contributed by atoms with van der Waals surface area (Å²) < 4.78 is 14.6. The van der Waals surface area contributed by atoms with E-state index in [0.29, 0.717) is 18.5 Å². The van der Waals surface area contributed by atoms with Crippen molar-refractivity contribution in [1.82, 2.24) is 0 Å². The first-order chi connectivity index (χ1) is 5.20. The molecule has 5 nitrogen and oxygen atoms in total. The molecule has 0 rings (SSSR count). The van der Waals surface area contributed by atoms with E-state index in [4.69, 9.17) is 11.1 Å². The molecule has 0 spiro atoms. The second kappa shape index (κ2) is 5.99. The number of nitrogens with one attached hydrogen (secondary N) is 1. The predicted molar refractivity (Wildman–Crippen MR) is 41.3 cm³/mol. The van der Waals surface area contributed by atoms with E-state index in [1.165, 1.54) is 0 Å². The molecule has 0 radical (unpaired) electrons. The quantitative estimate of drug-likeness (QED) is 0.440. The molecule has 0 aromatic heterocycles. The van der Waals surface area contributed by atoms with Crippen molar-refractivity contribution in [3.05, 3.63) is 0 Å². The van der Waals surface area contributed by atoms with Crippen LogP contribution in [-0.4, -0.2) is 22.3 Å². The summed E-state index contributed by atoms with van der Waals surface area (Å²) in [6, 6.07) is 0. The molecule has 1 unspecified atom stereocenters. The highest BCUT2D eigenvalue weighted by atomic mass is 32.2. The number of carbonyl (C=O) groups excluding carboxylic acids is 1. The number of carbonyl (C=O) groups is 1. The van der Waals surface area contributed by atoms with Crippen LogP contribution in [0, 0.1) is 5.41 Å². The first-order valence-electron chi connectivity index (χ1n) is 3.03. The third kappa shape index (κ3) is 5.68. The van der Waals surface area contributed by atoms with E-state index in [1.54, 1.807) is 0 Å². The highest BCUT2D eigenvalue weighted by Crippen LogP contribution is 1.92. The van der Waals surface area contributed by atoms with Crippen LogP contribution in [0.5, 0.6) is 0 Å². The molecule has 0 aliphatic heterocycles. The molecule has 1 atom stereocenters. The molecule has 0 saturated heterocycles. The van der Waals surface area contributed by atoms with E-state index >= 15 is 0 Å². The Morgan fingerprint density at radius 3 is 2.82 bits per heavy atom. The van der Waals surface area contributed by atoms with E-state index in [2.05, 4.69) is 4.18 Å². The monoisotopic (exact) mass is 178 g/mol. The van der Waals surface area contributed by atoms with E-state index in [9.17, 15) is 9.00 Å². The van der Waals surface area contributed by atoms with Gasteiger partial charge in [0.25, 0.3) is 11.1 Å². The van der Waals surface area contributed by atoms with Crippen molar-refractivity contribution in [2.45, 2.75) is 12.8 Å². The minimum Gasteiger partial charge on any atom is -0.360 e. The molecule has 0 amide bonds. The lowest BCUT2D eigenvalue weighted by Gasteiger charge is -1.96. The summed E-state index contributed by atoms with van der Waals surface area (Å²) in [4.78, 5) is 10.6. The first-order valence-corrected chi connectivity index (χ1v) is 4.17. The highest BCUT2D eigenvalue weighted by Gasteiger charge is 2.04. The van der Waals surface area contributed by atoms with Crippen molar-refractivity contribution in [2.75, 3.05) is 6.54 Å². The van der Waals surface area contributed by atoms with Crippen LogP contribution in [0.15, 0.2) is 0 Å². The van der Waals surface area contributed by atoms with Gasteiger partial charge in [-0.25, -0.2) is 4.21 Å². The maximum absolute atomic E-state index is 10.6. The van der Waals surface area contributed by atoms with Crippen LogP contribution in [0.25, 0.3) is 0 Å². The van der Waals surface area contributed by atoms with Crippen molar-refractivity contribution in [3.63, 3.8) is 0 Å². The predicted octanol–water partition coefficient (Wildman–Crippen LogP) is -0.461. The Kier molecular flexibility index (Phi) is 5.58. The standard InChI is InChI=1S/C5H10N2O3S/c6-3-1-2-5(8)10-11(9)4-7/h4,7H,1-3,6H2. The van der Waals surface area contributed by atoms with Crippen LogP contribution in [0.4, 0.5) is 0 Å². The summed E-state index contributed by atoms with van der Waals surface area (Å²) in [5.74, 6) is -0.586. The van der Waals surface area contributed by atoms with Gasteiger partial charge in [-0.1, -0.05) is 0 Å². The third-order valence-corrected chi connectivity index (χ3v) is 1.40. The lowest BCUT2D eigenvalue weighted by molar-refractivity contribution is -0.133. The summed E-state index contributed by atoms with van der Waals surface area (Å²) >= 11 is -1.91. The number of hydrogen-bond donors (Lipinski definition) is 2. The third-order valence-electron chi connectivity index (χ3n) is 0.856. The highest BCUT2D eigenvalue weighted by molar-refractivity contribution is 7.94. The van der Waals surface area contributed by atoms with Gasteiger partial charge in [0, 0.05) is 6.42 Å². The van der Waals surface area contributed by atoms with Crippen molar-refractivity contribution in [1.29, 1.82) is 5.41 Å². The molecule has 11 heavy (non-hydrogen) atoms. The molecule has 0 heterocycles. The summed E-state index contributed by atoms with van der Waals surface area (Å²) in [6.07, 6.45) is 0.657. The summed E-state index contributed by atoms with van der Waals surface area (Å²) in [6.45, 7) is 0.395. The number of hydrogen-bond acceptors (Lipinski definition) is 5. The Morgan fingerprint density at radius 1 is 1.73 bits per heavy atom. The van der Waals surface area contributed by atoms with Gasteiger partial charge >= 0.3 is 5.97 Å². The minimum absolute atomic E-state index is 0.149. The van der Waals surface area contributed by atoms with Crippen LogP contribution in [0.3, 0.4) is 0 Å². The average Bonchev–Trinajstić information content (AvgIpc) is 2.00. The second-order valence-corrected chi connectivity index (χ2v) is 2.65. The number of nitrogens with two attached hydrogens (primary N) is 1. The van der Waals surface area contributed by atoms with Crippen LogP contribution >= 0.6 is 0 Å². The van der Waals surface area contributed by atoms with Crippen molar-refractivity contribution in [2.24, 2.45) is 5.73 Å². The Bertz CT molecular complexity index is 171. The number of rotatable bonds is 5. The van der Waals surface area contributed by atoms with Gasteiger partial charge < -0.3 is 9.92 Å². The minimum atomic E-state index is -1.91. The first kappa shape index (κ1) is 10.2. The van der Waals surface area contributed by atoms with Gasteiger partial charge in [0.2, 0.25) is 0 Å². The average molecular weight is 178 g/mol. The fraction of sp³-hybridized carbons (Fsp3) is 0.600. The van der Waals surface area contributed by atoms with Gasteiger partial charge in [0.1, 0.15) is 5.55 Å². The molecular weight excluding hydrogens is 168 g/mol. The Hall–Kier alpha value is -0.750. The second-order valence-electron chi connectivity index (χ2n) is 1.73. The van der Waals surface area contributed by atoms with E-state index in [1.807, 2.05) is 0 Å². The van der Waals surface area contributed by atoms with Gasteiger partial charge in [0.05, 0.1) is 0 Å². The van der Waals surface area contributed by atoms with Crippen LogP contribution < -0.4 is 5.73 Å². The molecule has 0 aromatic rings. The van der Waals surface area contributed by atoms with Gasteiger partial charge in [-0.2, -0.15) is 0 Å². The largest absolute Gasteiger partial charge is 0.360 e. The van der Waals surface area contributed by atoms with Gasteiger partial charge in [-0.3, -0.25) is 10.2 Å². The molecule has 3 N–H and O–H groups in total. The Morgan fingerprint density at radius 2 is 2.36 bits per heavy atom. The molecule has 0 aliphatic carbocycles. The Labute approximate surface area is 67.1 Å². The lowest BCUT2D eigenvalue weighted by atomic mass is 10.3. The van der Waals surface area contributed by atoms with Crippen LogP contribution in [-0.2, 0) is 20.1 Å². The topological polar surface area (TPSA) is 93.2 Å². The van der Waals surface area contributed by atoms with Gasteiger partial charge in [-0.05, 0) is 13.0 Å². The fourth-order valence-corrected chi connectivity index (χ4v) is 0.718. The summed E-state index contributed by atoms with van der Waals surface area (Å²) in [5, 5.41) is 6.45. The summed E-state index contributed by atoms with van der Waals surface area (Å²) in [5.41, 5.74) is 5.67. The maximum atomic E-state index is 10.6. The molecule has 0 aromatic carbocycles. The molecule has 0 saturated carbocycles. The Balaban J connectivity index is 3.52. The molecular formula is C5H10N2O3S. The van der Waals surface area contributed by atoms with Crippen molar-refractivity contribution >= 4 is 22.6 Å². The zero-order chi connectivity index (χ0) is 8.69. The SMILES string of the molecule is N=CS(=O)OC(=O)CCCN. The maximum Gasteiger partial charge on any atom is 0.320 e. The van der Waals surface area contributed by atoms with Crippen LogP contribution in [0.2, 0.25) is 0 Å². The normalized spacial score (nSPS) is 12.1. The molecule has 0 bridgehead atoms. The van der Waals surface area contributed by atoms with Crippen molar-refractivity contribution < 1.29 is 13.2 Å². The van der Waals surface area contributed by atoms with Crippen LogP contribution in [0.1, 0.15) is 12.8 Å². The van der Waals surface area contributed by atoms with Gasteiger partial charge in [-0.15, -0.1) is 0 Å². The molecule has 0 fully saturated rings. The smallest absolute Gasteiger partial charge is 0.320 e. The molecule has 64 valence electrons. The van der Waals surface area contributed by atoms with E-state index < -0.39 is 17.0 Å². The van der Waals surface area contributed by atoms with E-state index in [0.717, 1.165) is 0 Å².